The largest absolute Gasteiger partial charge is 0.497 e. The van der Waals surface area contributed by atoms with Gasteiger partial charge in [0.1, 0.15) is 5.75 Å². The van der Waals surface area contributed by atoms with Gasteiger partial charge in [0.25, 0.3) is 0 Å². The van der Waals surface area contributed by atoms with Crippen molar-refractivity contribution in [1.82, 2.24) is 20.2 Å². The Kier molecular flexibility index (Phi) is 6.20. The van der Waals surface area contributed by atoms with Crippen molar-refractivity contribution in [3.63, 3.8) is 0 Å². The number of aromatic nitrogens is 4. The second-order valence-corrected chi connectivity index (χ2v) is 8.04. The molecule has 0 aliphatic carbocycles. The van der Waals surface area contributed by atoms with E-state index in [0.29, 0.717) is 0 Å². The third kappa shape index (κ3) is 4.65. The lowest BCUT2D eigenvalue weighted by Crippen LogP contribution is -3.13. The number of nitrogens with one attached hydrogen (secondary N) is 1. The Hall–Kier alpha value is -2.73. The number of tetrazole rings is 1. The third-order valence-electron chi connectivity index (χ3n) is 6.05. The van der Waals surface area contributed by atoms with Crippen LogP contribution in [0.2, 0.25) is 0 Å². The quantitative estimate of drug-likeness (QED) is 0.671. The number of benzene rings is 2. The van der Waals surface area contributed by atoms with Crippen LogP contribution >= 0.6 is 0 Å². The van der Waals surface area contributed by atoms with Crippen LogP contribution in [0.5, 0.6) is 5.75 Å². The van der Waals surface area contributed by atoms with Gasteiger partial charge in [0, 0.05) is 12.1 Å². The molecule has 6 heteroatoms. The van der Waals surface area contributed by atoms with Crippen LogP contribution < -0.4 is 9.64 Å². The van der Waals surface area contributed by atoms with Crippen LogP contribution in [0.15, 0.2) is 54.6 Å². The second kappa shape index (κ2) is 9.18. The Balaban J connectivity index is 1.61. The van der Waals surface area contributed by atoms with Crippen molar-refractivity contribution in [1.29, 1.82) is 0 Å². The highest BCUT2D eigenvalue weighted by atomic mass is 16.5. The maximum Gasteiger partial charge on any atom is 0.214 e. The van der Waals surface area contributed by atoms with Crippen LogP contribution in [-0.2, 0) is 13.0 Å². The van der Waals surface area contributed by atoms with E-state index in [1.54, 1.807) is 12.0 Å². The van der Waals surface area contributed by atoms with Gasteiger partial charge < -0.3 is 9.64 Å². The van der Waals surface area contributed by atoms with Crippen molar-refractivity contribution in [3.8, 4) is 5.75 Å². The van der Waals surface area contributed by atoms with Gasteiger partial charge in [-0.25, -0.2) is 4.68 Å². The van der Waals surface area contributed by atoms with Gasteiger partial charge in [0.05, 0.1) is 20.2 Å². The summed E-state index contributed by atoms with van der Waals surface area (Å²) in [5.41, 5.74) is 2.54. The van der Waals surface area contributed by atoms with E-state index >= 15 is 0 Å². The number of hydrogen-bond donors (Lipinski definition) is 1. The summed E-state index contributed by atoms with van der Waals surface area (Å²) >= 11 is 0. The van der Waals surface area contributed by atoms with Gasteiger partial charge in [-0.1, -0.05) is 37.3 Å². The Labute approximate surface area is 172 Å². The Bertz CT molecular complexity index is 885. The highest BCUT2D eigenvalue weighted by Gasteiger charge is 2.33. The first-order chi connectivity index (χ1) is 14.2. The Morgan fingerprint density at radius 2 is 1.79 bits per heavy atom. The molecule has 0 unspecified atom stereocenters. The molecular formula is C23H30N5O+. The minimum Gasteiger partial charge on any atom is -0.497 e. The van der Waals surface area contributed by atoms with E-state index in [4.69, 9.17) is 4.74 Å². The SMILES string of the molecule is COc1ccc([C@@H](c2nnnn2CCc2ccccc2)[NH+]2CCC(C)CC2)cc1. The van der Waals surface area contributed by atoms with Crippen molar-refractivity contribution in [3.05, 3.63) is 71.5 Å². The van der Waals surface area contributed by atoms with Gasteiger partial charge in [0.2, 0.25) is 5.82 Å². The molecule has 1 aliphatic rings. The average Bonchev–Trinajstić information content (AvgIpc) is 3.23. The molecule has 1 saturated heterocycles. The molecule has 0 amide bonds. The zero-order valence-electron chi connectivity index (χ0n) is 17.3. The normalized spacial score (nSPS) is 20.3. The fraction of sp³-hybridized carbons (Fsp3) is 0.435. The summed E-state index contributed by atoms with van der Waals surface area (Å²) in [7, 11) is 1.70. The van der Waals surface area contributed by atoms with Gasteiger partial charge >= 0.3 is 0 Å². The fourth-order valence-corrected chi connectivity index (χ4v) is 4.24. The minimum absolute atomic E-state index is 0.138. The molecule has 1 atom stereocenters. The molecule has 1 aliphatic heterocycles. The molecule has 0 spiro atoms. The summed E-state index contributed by atoms with van der Waals surface area (Å²) in [5.74, 6) is 2.62. The summed E-state index contributed by atoms with van der Waals surface area (Å²) in [6.45, 7) is 5.42. The maximum absolute atomic E-state index is 5.36. The van der Waals surface area contributed by atoms with Crippen LogP contribution in [0.4, 0.5) is 0 Å². The summed E-state index contributed by atoms with van der Waals surface area (Å²) < 4.78 is 7.35. The summed E-state index contributed by atoms with van der Waals surface area (Å²) in [6.07, 6.45) is 3.40. The first kappa shape index (κ1) is 19.6. The number of ether oxygens (including phenoxy) is 1. The zero-order valence-corrected chi connectivity index (χ0v) is 17.3. The lowest BCUT2D eigenvalue weighted by atomic mass is 9.95. The first-order valence-electron chi connectivity index (χ1n) is 10.5. The molecule has 152 valence electrons. The number of piperidine rings is 1. The predicted octanol–water partition coefficient (Wildman–Crippen LogP) is 2.33. The van der Waals surface area contributed by atoms with E-state index < -0.39 is 0 Å². The van der Waals surface area contributed by atoms with Crippen LogP contribution in [0.3, 0.4) is 0 Å². The van der Waals surface area contributed by atoms with Crippen LogP contribution in [0, 0.1) is 5.92 Å². The number of likely N-dealkylation sites (tertiary alicyclic amines) is 1. The van der Waals surface area contributed by atoms with Crippen molar-refractivity contribution in [2.45, 2.75) is 38.8 Å². The summed E-state index contributed by atoms with van der Waals surface area (Å²) in [4.78, 5) is 1.55. The van der Waals surface area contributed by atoms with Crippen LogP contribution in [-0.4, -0.2) is 40.4 Å². The molecule has 0 bridgehead atoms. The van der Waals surface area contributed by atoms with Gasteiger partial charge in [-0.2, -0.15) is 0 Å². The topological polar surface area (TPSA) is 57.3 Å². The molecule has 4 rings (SSSR count). The van der Waals surface area contributed by atoms with Gasteiger partial charge in [-0.15, -0.1) is 5.10 Å². The first-order valence-corrected chi connectivity index (χ1v) is 10.5. The lowest BCUT2D eigenvalue weighted by molar-refractivity contribution is -0.932. The highest BCUT2D eigenvalue weighted by molar-refractivity contribution is 5.30. The van der Waals surface area contributed by atoms with E-state index in [1.807, 2.05) is 22.9 Å². The predicted molar refractivity (Wildman–Crippen MR) is 112 cm³/mol. The van der Waals surface area contributed by atoms with E-state index in [-0.39, 0.29) is 6.04 Å². The molecule has 6 nitrogen and oxygen atoms in total. The highest BCUT2D eigenvalue weighted by Crippen LogP contribution is 2.22. The molecule has 3 aromatic rings. The summed E-state index contributed by atoms with van der Waals surface area (Å²) in [5, 5.41) is 12.9. The second-order valence-electron chi connectivity index (χ2n) is 8.04. The molecule has 1 fully saturated rings. The van der Waals surface area contributed by atoms with Crippen molar-refractivity contribution in [2.75, 3.05) is 20.2 Å². The molecule has 0 saturated carbocycles. The summed E-state index contributed by atoms with van der Waals surface area (Å²) in [6, 6.07) is 19.0. The van der Waals surface area contributed by atoms with Crippen molar-refractivity contribution >= 4 is 0 Å². The third-order valence-corrected chi connectivity index (χ3v) is 6.05. The standard InChI is InChI=1S/C23H29N5O/c1-18-12-15-27(16-13-18)22(20-8-10-21(29-2)11-9-20)23-24-25-26-28(23)17-14-19-6-4-3-5-7-19/h3-11,18,22H,12-17H2,1-2H3/p+1/t22-/m0/s1. The van der Waals surface area contributed by atoms with E-state index in [1.165, 1.54) is 24.0 Å². The molecule has 1 aromatic heterocycles. The van der Waals surface area contributed by atoms with E-state index in [0.717, 1.165) is 43.5 Å². The molecular weight excluding hydrogens is 362 g/mol. The van der Waals surface area contributed by atoms with Gasteiger partial charge in [-0.05, 0) is 65.4 Å². The number of methoxy groups -OCH3 is 1. The molecule has 0 radical (unpaired) electrons. The Morgan fingerprint density at radius 3 is 2.48 bits per heavy atom. The van der Waals surface area contributed by atoms with Gasteiger partial charge in [0.15, 0.2) is 6.04 Å². The van der Waals surface area contributed by atoms with Crippen LogP contribution in [0.25, 0.3) is 0 Å². The van der Waals surface area contributed by atoms with E-state index in [2.05, 4.69) is 58.8 Å². The van der Waals surface area contributed by atoms with Crippen molar-refractivity contribution in [2.24, 2.45) is 5.92 Å². The number of nitrogens with zero attached hydrogens (tertiary/aromatic N) is 4. The number of rotatable bonds is 7. The maximum atomic E-state index is 5.36. The molecule has 2 heterocycles. The van der Waals surface area contributed by atoms with Crippen LogP contribution in [0.1, 0.15) is 42.8 Å². The number of aryl methyl sites for hydroxylation is 2. The molecule has 1 N–H and O–H groups in total. The Morgan fingerprint density at radius 1 is 1.07 bits per heavy atom. The van der Waals surface area contributed by atoms with Gasteiger partial charge in [-0.3, -0.25) is 0 Å². The monoisotopic (exact) mass is 392 g/mol. The minimum atomic E-state index is 0.138. The molecule has 29 heavy (non-hydrogen) atoms. The van der Waals surface area contributed by atoms with E-state index in [9.17, 15) is 0 Å². The number of quaternary nitrogens is 1. The zero-order chi connectivity index (χ0) is 20.1. The smallest absolute Gasteiger partial charge is 0.214 e. The molecule has 2 aromatic carbocycles. The average molecular weight is 393 g/mol. The van der Waals surface area contributed by atoms with Crippen molar-refractivity contribution < 1.29 is 9.64 Å². The fourth-order valence-electron chi connectivity index (χ4n) is 4.24. The number of hydrogen-bond acceptors (Lipinski definition) is 4. The lowest BCUT2D eigenvalue weighted by Gasteiger charge is -2.33.